The molecule has 0 saturated heterocycles. The zero-order valence-corrected chi connectivity index (χ0v) is 16.4. The Morgan fingerprint density at radius 3 is 2.69 bits per heavy atom. The van der Waals surface area contributed by atoms with Crippen LogP contribution in [0.25, 0.3) is 11.2 Å². The number of pyridine rings is 1. The van der Waals surface area contributed by atoms with Gasteiger partial charge >= 0.3 is 6.03 Å². The fraction of sp³-hybridized carbons (Fsp3) is 0.409. The maximum absolute atomic E-state index is 12.9. The van der Waals surface area contributed by atoms with E-state index in [1.54, 1.807) is 12.1 Å². The van der Waals surface area contributed by atoms with Crippen molar-refractivity contribution in [1.82, 2.24) is 25.2 Å². The van der Waals surface area contributed by atoms with Crippen molar-refractivity contribution in [3.63, 3.8) is 0 Å². The number of nitrogens with one attached hydrogen (secondary N) is 2. The Hall–Kier alpha value is -2.96. The van der Waals surface area contributed by atoms with E-state index in [9.17, 15) is 9.18 Å². The highest BCUT2D eigenvalue weighted by atomic mass is 19.1. The zero-order valence-electron chi connectivity index (χ0n) is 16.4. The molecule has 1 aliphatic carbocycles. The summed E-state index contributed by atoms with van der Waals surface area (Å²) in [6.45, 7) is 0.849. The molecule has 0 unspecified atom stereocenters. The number of carbonyl (C=O) groups excluding carboxylic acids is 1. The minimum Gasteiger partial charge on any atom is -0.338 e. The number of amides is 2. The van der Waals surface area contributed by atoms with Crippen molar-refractivity contribution in [2.45, 2.75) is 51.1 Å². The maximum atomic E-state index is 12.9. The van der Waals surface area contributed by atoms with Crippen LogP contribution in [0.15, 0.2) is 42.6 Å². The second kappa shape index (κ2) is 9.03. The molecule has 152 valence electrons. The van der Waals surface area contributed by atoms with E-state index in [1.165, 1.54) is 31.4 Å². The predicted octanol–water partition coefficient (Wildman–Crippen LogP) is 4.12. The van der Waals surface area contributed by atoms with Gasteiger partial charge < -0.3 is 15.2 Å². The smallest absolute Gasteiger partial charge is 0.315 e. The third-order valence-electron chi connectivity index (χ3n) is 5.46. The molecule has 0 atom stereocenters. The molecule has 0 bridgehead atoms. The highest BCUT2D eigenvalue weighted by Gasteiger charge is 2.21. The third-order valence-corrected chi connectivity index (χ3v) is 5.46. The van der Waals surface area contributed by atoms with Crippen molar-refractivity contribution in [3.8, 4) is 0 Å². The minimum absolute atomic E-state index is 0.243. The summed E-state index contributed by atoms with van der Waals surface area (Å²) in [6, 6.07) is 10.2. The topological polar surface area (TPSA) is 71.8 Å². The van der Waals surface area contributed by atoms with Gasteiger partial charge in [0, 0.05) is 31.7 Å². The average Bonchev–Trinajstić information content (AvgIpc) is 3.12. The molecule has 7 heteroatoms. The molecule has 0 spiro atoms. The Morgan fingerprint density at radius 2 is 1.90 bits per heavy atom. The number of hydrogen-bond donors (Lipinski definition) is 2. The lowest BCUT2D eigenvalue weighted by atomic mass is 9.95. The molecule has 0 radical (unpaired) electrons. The molecule has 1 saturated carbocycles. The first-order chi connectivity index (χ1) is 14.2. The van der Waals surface area contributed by atoms with Crippen LogP contribution in [0.4, 0.5) is 9.18 Å². The zero-order chi connectivity index (χ0) is 20.1. The lowest BCUT2D eigenvalue weighted by Gasteiger charge is -2.25. The van der Waals surface area contributed by atoms with E-state index in [-0.39, 0.29) is 11.8 Å². The van der Waals surface area contributed by atoms with Gasteiger partial charge in [0.25, 0.3) is 0 Å². The molecule has 2 amide bonds. The van der Waals surface area contributed by atoms with Gasteiger partial charge in [0.15, 0.2) is 5.65 Å². The Labute approximate surface area is 169 Å². The lowest BCUT2D eigenvalue weighted by molar-refractivity contribution is 0.240. The van der Waals surface area contributed by atoms with Crippen molar-refractivity contribution >= 4 is 17.2 Å². The summed E-state index contributed by atoms with van der Waals surface area (Å²) < 4.78 is 15.2. The second-order valence-electron chi connectivity index (χ2n) is 7.52. The number of aromatic nitrogens is 3. The first-order valence-electron chi connectivity index (χ1n) is 10.3. The van der Waals surface area contributed by atoms with E-state index in [1.807, 2.05) is 18.3 Å². The summed E-state index contributed by atoms with van der Waals surface area (Å²) in [6.07, 6.45) is 8.54. The summed E-state index contributed by atoms with van der Waals surface area (Å²) in [7, 11) is 0. The molecule has 6 nitrogen and oxygen atoms in total. The van der Waals surface area contributed by atoms with Crippen LogP contribution >= 0.6 is 0 Å². The number of fused-ring (bicyclic) bond motifs is 1. The average molecular weight is 395 g/mol. The number of rotatable bonds is 6. The molecule has 1 aromatic carbocycles. The monoisotopic (exact) mass is 395 g/mol. The normalized spacial score (nSPS) is 14.8. The molecule has 2 N–H and O–H groups in total. The van der Waals surface area contributed by atoms with Crippen molar-refractivity contribution in [1.29, 1.82) is 0 Å². The quantitative estimate of drug-likeness (QED) is 0.660. The molecule has 1 aliphatic rings. The van der Waals surface area contributed by atoms with Gasteiger partial charge in [-0.25, -0.2) is 19.2 Å². The van der Waals surface area contributed by atoms with Gasteiger partial charge in [0.2, 0.25) is 0 Å². The number of halogens is 1. The summed E-state index contributed by atoms with van der Waals surface area (Å²) >= 11 is 0. The van der Waals surface area contributed by atoms with Crippen LogP contribution in [0.5, 0.6) is 0 Å². The summed E-state index contributed by atoms with van der Waals surface area (Å²) in [4.78, 5) is 21.4. The molecule has 2 aromatic heterocycles. The highest BCUT2D eigenvalue weighted by molar-refractivity contribution is 5.74. The van der Waals surface area contributed by atoms with Crippen LogP contribution in [0.2, 0.25) is 0 Å². The third kappa shape index (κ3) is 4.72. The van der Waals surface area contributed by atoms with Crippen molar-refractivity contribution in [2.24, 2.45) is 0 Å². The second-order valence-corrected chi connectivity index (χ2v) is 7.52. The van der Waals surface area contributed by atoms with Gasteiger partial charge in [-0.3, -0.25) is 0 Å². The largest absolute Gasteiger partial charge is 0.338 e. The number of carbonyl (C=O) groups is 1. The Bertz CT molecular complexity index is 963. The number of urea groups is 1. The summed E-state index contributed by atoms with van der Waals surface area (Å²) in [5.41, 5.74) is 2.70. The fourth-order valence-electron chi connectivity index (χ4n) is 4.01. The Balaban J connectivity index is 1.36. The molecule has 29 heavy (non-hydrogen) atoms. The number of nitrogens with zero attached hydrogens (tertiary/aromatic N) is 3. The van der Waals surface area contributed by atoms with Gasteiger partial charge in [-0.2, -0.15) is 0 Å². The van der Waals surface area contributed by atoms with Crippen LogP contribution in [0, 0.1) is 5.82 Å². The standard InChI is InChI=1S/C22H26FN5O/c23-17-10-8-16(9-11-17)15-26-22(29)25-14-12-20-27-19-7-4-13-24-21(19)28(20)18-5-2-1-3-6-18/h4,7-11,13,18H,1-3,5-6,12,14-15H2,(H2,25,26,29). The van der Waals surface area contributed by atoms with Crippen LogP contribution in [0.3, 0.4) is 0 Å². The molecule has 1 fully saturated rings. The lowest BCUT2D eigenvalue weighted by Crippen LogP contribution is -2.36. The van der Waals surface area contributed by atoms with E-state index >= 15 is 0 Å². The number of imidazole rings is 1. The molecular formula is C22H26FN5O. The Kier molecular flexibility index (Phi) is 6.03. The van der Waals surface area contributed by atoms with Crippen LogP contribution in [-0.2, 0) is 13.0 Å². The number of benzene rings is 1. The first-order valence-corrected chi connectivity index (χ1v) is 10.3. The van der Waals surface area contributed by atoms with Gasteiger partial charge in [0.1, 0.15) is 17.2 Å². The molecule has 4 rings (SSSR count). The SMILES string of the molecule is O=C(NCCc1nc2cccnc2n1C1CCCCC1)NCc1ccc(F)cc1. The van der Waals surface area contributed by atoms with Crippen molar-refractivity contribution in [3.05, 3.63) is 59.8 Å². The van der Waals surface area contributed by atoms with Gasteiger partial charge in [0.05, 0.1) is 0 Å². The molecular weight excluding hydrogens is 369 g/mol. The summed E-state index contributed by atoms with van der Waals surface area (Å²) in [5, 5.41) is 5.69. The Morgan fingerprint density at radius 1 is 1.10 bits per heavy atom. The van der Waals surface area contributed by atoms with Gasteiger partial charge in [-0.05, 0) is 42.7 Å². The van der Waals surface area contributed by atoms with Gasteiger partial charge in [-0.1, -0.05) is 31.4 Å². The van der Waals surface area contributed by atoms with E-state index in [0.717, 1.165) is 35.4 Å². The van der Waals surface area contributed by atoms with Crippen molar-refractivity contribution < 1.29 is 9.18 Å². The predicted molar refractivity (Wildman–Crippen MR) is 110 cm³/mol. The van der Waals surface area contributed by atoms with Crippen molar-refractivity contribution in [2.75, 3.05) is 6.54 Å². The summed E-state index contributed by atoms with van der Waals surface area (Å²) in [5.74, 6) is 0.693. The van der Waals surface area contributed by atoms with E-state index in [4.69, 9.17) is 4.98 Å². The molecule has 3 aromatic rings. The fourth-order valence-corrected chi connectivity index (χ4v) is 4.01. The van der Waals surface area contributed by atoms with Crippen LogP contribution < -0.4 is 10.6 Å². The maximum Gasteiger partial charge on any atom is 0.315 e. The molecule has 2 heterocycles. The first kappa shape index (κ1) is 19.4. The minimum atomic E-state index is -0.284. The van der Waals surface area contributed by atoms with Gasteiger partial charge in [-0.15, -0.1) is 0 Å². The number of hydrogen-bond acceptors (Lipinski definition) is 3. The highest BCUT2D eigenvalue weighted by Crippen LogP contribution is 2.31. The van der Waals surface area contributed by atoms with Crippen LogP contribution in [0.1, 0.15) is 49.5 Å². The van der Waals surface area contributed by atoms with E-state index in [0.29, 0.717) is 25.6 Å². The van der Waals surface area contributed by atoms with Crippen LogP contribution in [-0.4, -0.2) is 27.1 Å². The van der Waals surface area contributed by atoms with E-state index in [2.05, 4.69) is 20.2 Å². The molecule has 0 aliphatic heterocycles. The van der Waals surface area contributed by atoms with E-state index < -0.39 is 0 Å².